The molecule has 1 aliphatic rings. The average Bonchev–Trinajstić information content (AvgIpc) is 3.22. The zero-order chi connectivity index (χ0) is 20.5. The molecule has 0 atom stereocenters. The van der Waals surface area contributed by atoms with E-state index in [1.807, 2.05) is 38.1 Å². The zero-order valence-electron chi connectivity index (χ0n) is 16.5. The Morgan fingerprint density at radius 3 is 2.76 bits per heavy atom. The van der Waals surface area contributed by atoms with Crippen molar-refractivity contribution in [3.05, 3.63) is 64.5 Å². The van der Waals surface area contributed by atoms with E-state index in [1.165, 1.54) is 0 Å². The number of amides is 1. The number of aromatic nitrogens is 2. The van der Waals surface area contributed by atoms with Crippen molar-refractivity contribution >= 4 is 22.6 Å². The van der Waals surface area contributed by atoms with Crippen molar-refractivity contribution in [3.8, 4) is 12.3 Å². The van der Waals surface area contributed by atoms with Crippen molar-refractivity contribution in [2.45, 2.75) is 39.6 Å². The number of carbonyl (C=O) groups is 1. The van der Waals surface area contributed by atoms with Crippen molar-refractivity contribution in [1.29, 1.82) is 0 Å². The van der Waals surface area contributed by atoms with Gasteiger partial charge in [0.2, 0.25) is 0 Å². The molecule has 3 heterocycles. The van der Waals surface area contributed by atoms with Crippen LogP contribution in [-0.2, 0) is 24.5 Å². The molecular weight excluding hydrogens is 364 g/mol. The molecule has 3 aromatic rings. The van der Waals surface area contributed by atoms with Crippen molar-refractivity contribution < 1.29 is 9.53 Å². The van der Waals surface area contributed by atoms with E-state index in [4.69, 9.17) is 16.9 Å². The van der Waals surface area contributed by atoms with Gasteiger partial charge < -0.3 is 15.4 Å². The number of carbonyl (C=O) groups excluding carboxylic acids is 1. The summed E-state index contributed by atoms with van der Waals surface area (Å²) in [6.45, 7) is 5.32. The lowest BCUT2D eigenvalue weighted by Crippen LogP contribution is -2.36. The lowest BCUT2D eigenvalue weighted by molar-refractivity contribution is 0.0688. The number of ether oxygens (including phenoxy) is 1. The Morgan fingerprint density at radius 1 is 1.28 bits per heavy atom. The summed E-state index contributed by atoms with van der Waals surface area (Å²) in [4.78, 5) is 23.9. The van der Waals surface area contributed by atoms with E-state index in [9.17, 15) is 4.79 Å². The van der Waals surface area contributed by atoms with Crippen LogP contribution in [0.2, 0.25) is 0 Å². The molecule has 1 amide bonds. The maximum Gasteiger partial charge on any atom is 0.254 e. The van der Waals surface area contributed by atoms with Gasteiger partial charge in [-0.15, -0.1) is 6.42 Å². The molecule has 0 saturated carbocycles. The van der Waals surface area contributed by atoms with Gasteiger partial charge in [-0.25, -0.2) is 4.98 Å². The molecular formula is C23H22N4O2. The molecule has 0 unspecified atom stereocenters. The Hall–Kier alpha value is -3.43. The highest BCUT2D eigenvalue weighted by Gasteiger charge is 2.23. The number of hydrogen-bond acceptors (Lipinski definition) is 5. The van der Waals surface area contributed by atoms with Crippen molar-refractivity contribution in [1.82, 2.24) is 14.9 Å². The van der Waals surface area contributed by atoms with E-state index in [0.717, 1.165) is 27.7 Å². The minimum absolute atomic E-state index is 0.00546. The van der Waals surface area contributed by atoms with Crippen LogP contribution in [0.4, 0.5) is 5.82 Å². The predicted octanol–water partition coefficient (Wildman–Crippen LogP) is 3.27. The third kappa shape index (κ3) is 3.53. The van der Waals surface area contributed by atoms with Gasteiger partial charge in [0, 0.05) is 34.3 Å². The number of terminal acetylenes is 1. The summed E-state index contributed by atoms with van der Waals surface area (Å²) in [5.41, 5.74) is 10.9. The van der Waals surface area contributed by atoms with Crippen LogP contribution in [0.15, 0.2) is 36.5 Å². The lowest BCUT2D eigenvalue weighted by Gasteiger charge is -2.27. The summed E-state index contributed by atoms with van der Waals surface area (Å²) in [6.07, 6.45) is 7.04. The van der Waals surface area contributed by atoms with Crippen molar-refractivity contribution in [3.63, 3.8) is 0 Å². The van der Waals surface area contributed by atoms with E-state index < -0.39 is 0 Å². The van der Waals surface area contributed by atoms with Gasteiger partial charge in [0.05, 0.1) is 31.0 Å². The second kappa shape index (κ2) is 7.53. The molecule has 0 saturated heterocycles. The van der Waals surface area contributed by atoms with Crippen LogP contribution in [0.1, 0.15) is 46.6 Å². The number of fused-ring (bicyclic) bond motifs is 3. The zero-order valence-corrected chi connectivity index (χ0v) is 16.5. The Kier molecular flexibility index (Phi) is 4.91. The maximum absolute atomic E-state index is 13.3. The molecule has 0 bridgehead atoms. The standard InChI is InChI=1S/C23H22N4O2/c1-4-15-5-7-17(25-10-15)11-27(14(2)3)23(28)16-6-8-21-18(9-16)19-12-29-13-20(19)22(24)26-21/h1,5-10,14H,11-13H2,2-3H3,(H2,24,26). The van der Waals surface area contributed by atoms with E-state index in [-0.39, 0.29) is 11.9 Å². The molecule has 6 nitrogen and oxygen atoms in total. The van der Waals surface area contributed by atoms with Crippen LogP contribution in [0.5, 0.6) is 0 Å². The van der Waals surface area contributed by atoms with Crippen LogP contribution < -0.4 is 5.73 Å². The van der Waals surface area contributed by atoms with Gasteiger partial charge in [-0.1, -0.05) is 5.92 Å². The number of hydrogen-bond donors (Lipinski definition) is 1. The first-order chi connectivity index (χ1) is 14.0. The number of nitrogen functional groups attached to an aromatic ring is 1. The molecule has 1 aromatic carbocycles. The fourth-order valence-electron chi connectivity index (χ4n) is 3.54. The molecule has 146 valence electrons. The summed E-state index contributed by atoms with van der Waals surface area (Å²) in [5, 5.41) is 0.915. The third-order valence-corrected chi connectivity index (χ3v) is 5.18. The molecule has 0 fully saturated rings. The van der Waals surface area contributed by atoms with E-state index >= 15 is 0 Å². The summed E-state index contributed by atoms with van der Waals surface area (Å²) < 4.78 is 5.55. The fraction of sp³-hybridized carbons (Fsp3) is 0.261. The third-order valence-electron chi connectivity index (χ3n) is 5.18. The van der Waals surface area contributed by atoms with Gasteiger partial charge >= 0.3 is 0 Å². The monoisotopic (exact) mass is 386 g/mol. The van der Waals surface area contributed by atoms with Gasteiger partial charge in [0.15, 0.2) is 0 Å². The van der Waals surface area contributed by atoms with E-state index in [2.05, 4.69) is 15.9 Å². The van der Waals surface area contributed by atoms with Crippen LogP contribution in [0.3, 0.4) is 0 Å². The molecule has 2 aromatic heterocycles. The lowest BCUT2D eigenvalue weighted by atomic mass is 10.0. The van der Waals surface area contributed by atoms with Gasteiger partial charge in [-0.05, 0) is 49.7 Å². The van der Waals surface area contributed by atoms with Crippen LogP contribution in [0, 0.1) is 12.3 Å². The second-order valence-corrected chi connectivity index (χ2v) is 7.39. The van der Waals surface area contributed by atoms with Crippen molar-refractivity contribution in [2.24, 2.45) is 0 Å². The number of rotatable bonds is 4. The number of nitrogens with zero attached hydrogens (tertiary/aromatic N) is 3. The van der Waals surface area contributed by atoms with Crippen LogP contribution >= 0.6 is 0 Å². The smallest absolute Gasteiger partial charge is 0.254 e. The number of benzene rings is 1. The second-order valence-electron chi connectivity index (χ2n) is 7.39. The summed E-state index contributed by atoms with van der Waals surface area (Å²) in [7, 11) is 0. The number of nitrogens with two attached hydrogens (primary N) is 1. The van der Waals surface area contributed by atoms with Crippen molar-refractivity contribution in [2.75, 3.05) is 5.73 Å². The SMILES string of the molecule is C#Cc1ccc(CN(C(=O)c2ccc3nc(N)c4c(c3c2)COC4)C(C)C)nc1. The summed E-state index contributed by atoms with van der Waals surface area (Å²) >= 11 is 0. The minimum atomic E-state index is -0.0609. The van der Waals surface area contributed by atoms with Crippen LogP contribution in [0.25, 0.3) is 10.9 Å². The minimum Gasteiger partial charge on any atom is -0.383 e. The fourth-order valence-corrected chi connectivity index (χ4v) is 3.54. The first kappa shape index (κ1) is 18.9. The summed E-state index contributed by atoms with van der Waals surface area (Å²) in [5.74, 6) is 2.99. The Morgan fingerprint density at radius 2 is 2.07 bits per heavy atom. The van der Waals surface area contributed by atoms with Gasteiger partial charge in [0.25, 0.3) is 5.91 Å². The van der Waals surface area contributed by atoms with E-state index in [1.54, 1.807) is 17.2 Å². The topological polar surface area (TPSA) is 81.3 Å². The van der Waals surface area contributed by atoms with Gasteiger partial charge in [-0.2, -0.15) is 0 Å². The van der Waals surface area contributed by atoms with Crippen LogP contribution in [-0.4, -0.2) is 26.8 Å². The Bertz CT molecular complexity index is 1130. The molecule has 6 heteroatoms. The highest BCUT2D eigenvalue weighted by atomic mass is 16.5. The molecule has 0 aliphatic carbocycles. The molecule has 4 rings (SSSR count). The summed E-state index contributed by atoms with van der Waals surface area (Å²) in [6, 6.07) is 9.23. The normalized spacial score (nSPS) is 12.8. The molecule has 0 spiro atoms. The number of anilines is 1. The Labute approximate surface area is 169 Å². The van der Waals surface area contributed by atoms with E-state index in [0.29, 0.717) is 36.7 Å². The largest absolute Gasteiger partial charge is 0.383 e. The maximum atomic E-state index is 13.3. The first-order valence-corrected chi connectivity index (χ1v) is 9.49. The van der Waals surface area contributed by atoms with Gasteiger partial charge in [0.1, 0.15) is 5.82 Å². The number of pyridine rings is 2. The molecule has 29 heavy (non-hydrogen) atoms. The van der Waals surface area contributed by atoms with Gasteiger partial charge in [-0.3, -0.25) is 9.78 Å². The predicted molar refractivity (Wildman–Crippen MR) is 112 cm³/mol. The quantitative estimate of drug-likeness (QED) is 0.696. The molecule has 1 aliphatic heterocycles. The Balaban J connectivity index is 1.68. The molecule has 0 radical (unpaired) electrons. The average molecular weight is 386 g/mol. The first-order valence-electron chi connectivity index (χ1n) is 9.49. The highest BCUT2D eigenvalue weighted by molar-refractivity contribution is 5.99. The highest BCUT2D eigenvalue weighted by Crippen LogP contribution is 2.32. The molecule has 2 N–H and O–H groups in total.